The van der Waals surface area contributed by atoms with Crippen molar-refractivity contribution in [3.63, 3.8) is 0 Å². The second kappa shape index (κ2) is 4.69. The molecule has 86 valence electrons. The zero-order valence-electron chi connectivity index (χ0n) is 8.60. The summed E-state index contributed by atoms with van der Waals surface area (Å²) < 4.78 is 1.41. The van der Waals surface area contributed by atoms with Gasteiger partial charge in [-0.15, -0.1) is 5.10 Å². The molecule has 0 radical (unpaired) electrons. The third-order valence-corrected chi connectivity index (χ3v) is 2.53. The van der Waals surface area contributed by atoms with Crippen molar-refractivity contribution in [2.24, 2.45) is 0 Å². The van der Waals surface area contributed by atoms with Crippen LogP contribution in [0.3, 0.4) is 0 Å². The Morgan fingerprint density at radius 3 is 2.76 bits per heavy atom. The van der Waals surface area contributed by atoms with Crippen molar-refractivity contribution in [3.8, 4) is 5.69 Å². The Bertz CT molecular complexity index is 592. The van der Waals surface area contributed by atoms with E-state index < -0.39 is 0 Å². The van der Waals surface area contributed by atoms with E-state index in [0.717, 1.165) is 0 Å². The number of hydrogen-bond donors (Lipinski definition) is 0. The lowest BCUT2D eigenvalue weighted by Crippen LogP contribution is -2.04. The van der Waals surface area contributed by atoms with Gasteiger partial charge in [0.15, 0.2) is 10.9 Å². The standard InChI is InChI=1S/C11H7Cl2N3O/c1-2-10(17)8-5-7(12)3-4-9(8)16-6-11(13)14-15-16/h2-6H,1H2. The number of aromatic nitrogens is 3. The summed E-state index contributed by atoms with van der Waals surface area (Å²) in [5.41, 5.74) is 0.952. The van der Waals surface area contributed by atoms with Crippen molar-refractivity contribution in [2.75, 3.05) is 0 Å². The maximum absolute atomic E-state index is 11.7. The van der Waals surface area contributed by atoms with E-state index in [4.69, 9.17) is 23.2 Å². The summed E-state index contributed by atoms with van der Waals surface area (Å²) in [5, 5.41) is 8.16. The number of benzene rings is 1. The smallest absolute Gasteiger partial charge is 0.187 e. The first-order valence-corrected chi connectivity index (χ1v) is 5.42. The van der Waals surface area contributed by atoms with Gasteiger partial charge in [-0.1, -0.05) is 35.0 Å². The molecule has 0 saturated carbocycles. The predicted octanol–water partition coefficient (Wildman–Crippen LogP) is 2.94. The minimum Gasteiger partial charge on any atom is -0.289 e. The molecule has 0 bridgehead atoms. The molecule has 0 spiro atoms. The quantitative estimate of drug-likeness (QED) is 0.635. The van der Waals surface area contributed by atoms with Gasteiger partial charge in [0, 0.05) is 10.6 Å². The Hall–Kier alpha value is -1.65. The summed E-state index contributed by atoms with van der Waals surface area (Å²) in [7, 11) is 0. The third kappa shape index (κ3) is 2.38. The molecular formula is C11H7Cl2N3O. The van der Waals surface area contributed by atoms with Crippen molar-refractivity contribution >= 4 is 29.0 Å². The molecule has 1 aromatic carbocycles. The zero-order valence-corrected chi connectivity index (χ0v) is 10.1. The van der Waals surface area contributed by atoms with E-state index in [-0.39, 0.29) is 10.9 Å². The van der Waals surface area contributed by atoms with Crippen LogP contribution in [0.4, 0.5) is 0 Å². The fourth-order valence-corrected chi connectivity index (χ4v) is 1.67. The highest BCUT2D eigenvalue weighted by Crippen LogP contribution is 2.20. The molecule has 4 nitrogen and oxygen atoms in total. The lowest BCUT2D eigenvalue weighted by atomic mass is 10.1. The number of halogens is 2. The van der Waals surface area contributed by atoms with Gasteiger partial charge in [-0.3, -0.25) is 4.79 Å². The van der Waals surface area contributed by atoms with Gasteiger partial charge in [-0.25, -0.2) is 4.68 Å². The van der Waals surface area contributed by atoms with Gasteiger partial charge < -0.3 is 0 Å². The molecule has 0 atom stereocenters. The summed E-state index contributed by atoms with van der Waals surface area (Å²) in [6.45, 7) is 3.44. The average molecular weight is 268 g/mol. The van der Waals surface area contributed by atoms with Gasteiger partial charge in [0.05, 0.1) is 11.9 Å². The Morgan fingerprint density at radius 2 is 2.18 bits per heavy atom. The molecule has 6 heteroatoms. The molecule has 0 amide bonds. The van der Waals surface area contributed by atoms with E-state index in [2.05, 4.69) is 16.9 Å². The van der Waals surface area contributed by atoms with E-state index in [0.29, 0.717) is 16.3 Å². The number of nitrogens with zero attached hydrogens (tertiary/aromatic N) is 3. The molecule has 2 rings (SSSR count). The first-order valence-electron chi connectivity index (χ1n) is 4.66. The fourth-order valence-electron chi connectivity index (χ4n) is 1.38. The molecule has 0 N–H and O–H groups in total. The van der Waals surface area contributed by atoms with E-state index >= 15 is 0 Å². The molecular weight excluding hydrogens is 261 g/mol. The topological polar surface area (TPSA) is 47.8 Å². The highest BCUT2D eigenvalue weighted by atomic mass is 35.5. The van der Waals surface area contributed by atoms with Gasteiger partial charge in [0.25, 0.3) is 0 Å². The molecule has 0 saturated heterocycles. The highest BCUT2D eigenvalue weighted by Gasteiger charge is 2.12. The van der Waals surface area contributed by atoms with Crippen molar-refractivity contribution in [3.05, 3.63) is 52.8 Å². The van der Waals surface area contributed by atoms with Crippen molar-refractivity contribution in [1.82, 2.24) is 15.0 Å². The Balaban J connectivity index is 2.61. The number of allylic oxidation sites excluding steroid dienone is 1. The number of hydrogen-bond acceptors (Lipinski definition) is 3. The maximum Gasteiger partial charge on any atom is 0.187 e. The van der Waals surface area contributed by atoms with Crippen molar-refractivity contribution < 1.29 is 4.79 Å². The highest BCUT2D eigenvalue weighted by molar-refractivity contribution is 6.31. The molecule has 0 aliphatic carbocycles. The van der Waals surface area contributed by atoms with Crippen LogP contribution in [0.5, 0.6) is 0 Å². The monoisotopic (exact) mass is 267 g/mol. The van der Waals surface area contributed by atoms with Gasteiger partial charge in [0.1, 0.15) is 0 Å². The molecule has 0 aliphatic rings. The molecule has 2 aromatic rings. The number of ketones is 1. The second-order valence-corrected chi connectivity index (χ2v) is 4.04. The molecule has 1 heterocycles. The van der Waals surface area contributed by atoms with Crippen LogP contribution in [0.15, 0.2) is 37.1 Å². The third-order valence-electron chi connectivity index (χ3n) is 2.12. The maximum atomic E-state index is 11.7. The predicted molar refractivity (Wildman–Crippen MR) is 65.9 cm³/mol. The van der Waals surface area contributed by atoms with Crippen LogP contribution in [0.1, 0.15) is 10.4 Å². The molecule has 0 unspecified atom stereocenters. The summed E-state index contributed by atoms with van der Waals surface area (Å²) in [5.74, 6) is -0.242. The van der Waals surface area contributed by atoms with Crippen LogP contribution >= 0.6 is 23.2 Å². The van der Waals surface area contributed by atoms with Gasteiger partial charge in [-0.2, -0.15) is 0 Å². The normalized spacial score (nSPS) is 10.2. The number of carbonyl (C=O) groups is 1. The van der Waals surface area contributed by atoms with Crippen LogP contribution < -0.4 is 0 Å². The summed E-state index contributed by atoms with van der Waals surface area (Å²) in [6, 6.07) is 4.88. The van der Waals surface area contributed by atoms with Crippen LogP contribution in [0.25, 0.3) is 5.69 Å². The first-order chi connectivity index (χ1) is 8.11. The van der Waals surface area contributed by atoms with Gasteiger partial charge in [0.2, 0.25) is 0 Å². The van der Waals surface area contributed by atoms with Crippen molar-refractivity contribution in [1.29, 1.82) is 0 Å². The largest absolute Gasteiger partial charge is 0.289 e. The molecule has 1 aromatic heterocycles. The van der Waals surface area contributed by atoms with Crippen molar-refractivity contribution in [2.45, 2.75) is 0 Å². The Labute approximate surface area is 107 Å². The molecule has 17 heavy (non-hydrogen) atoms. The average Bonchev–Trinajstić information content (AvgIpc) is 2.74. The SMILES string of the molecule is C=CC(=O)c1cc(Cl)ccc1-n1cc(Cl)nn1. The summed E-state index contributed by atoms with van der Waals surface area (Å²) in [6.07, 6.45) is 2.72. The lowest BCUT2D eigenvalue weighted by molar-refractivity contribution is 0.104. The lowest BCUT2D eigenvalue weighted by Gasteiger charge is -2.06. The second-order valence-electron chi connectivity index (χ2n) is 3.22. The summed E-state index contributed by atoms with van der Waals surface area (Å²) >= 11 is 11.5. The first kappa shape index (κ1) is 11.8. The van der Waals surface area contributed by atoms with E-state index in [1.54, 1.807) is 18.2 Å². The Morgan fingerprint density at radius 1 is 1.41 bits per heavy atom. The van der Waals surface area contributed by atoms with E-state index in [9.17, 15) is 4.79 Å². The van der Waals surface area contributed by atoms with Crippen LogP contribution in [0, 0.1) is 0 Å². The minimum atomic E-state index is -0.242. The van der Waals surface area contributed by atoms with E-state index in [1.165, 1.54) is 17.0 Å². The number of rotatable bonds is 3. The summed E-state index contributed by atoms with van der Waals surface area (Å²) in [4.78, 5) is 11.7. The van der Waals surface area contributed by atoms with E-state index in [1.807, 2.05) is 0 Å². The molecule has 0 aliphatic heterocycles. The molecule has 0 fully saturated rings. The van der Waals surface area contributed by atoms with Crippen LogP contribution in [-0.2, 0) is 0 Å². The Kier molecular flexibility index (Phi) is 3.26. The van der Waals surface area contributed by atoms with Gasteiger partial charge >= 0.3 is 0 Å². The number of carbonyl (C=O) groups excluding carboxylic acids is 1. The van der Waals surface area contributed by atoms with Gasteiger partial charge in [-0.05, 0) is 24.3 Å². The van der Waals surface area contributed by atoms with Crippen LogP contribution in [-0.4, -0.2) is 20.8 Å². The fraction of sp³-hybridized carbons (Fsp3) is 0. The minimum absolute atomic E-state index is 0.242. The zero-order chi connectivity index (χ0) is 12.4. The van der Waals surface area contributed by atoms with Crippen LogP contribution in [0.2, 0.25) is 10.2 Å².